The Balaban J connectivity index is 0.000000226. The van der Waals surface area contributed by atoms with E-state index in [0.717, 1.165) is 21.7 Å². The van der Waals surface area contributed by atoms with E-state index in [0.29, 0.717) is 56.5 Å². The van der Waals surface area contributed by atoms with Crippen molar-refractivity contribution in [1.29, 1.82) is 0 Å². The molecule has 21 nitrogen and oxygen atoms in total. The van der Waals surface area contributed by atoms with Crippen LogP contribution < -0.4 is 26.6 Å². The lowest BCUT2D eigenvalue weighted by Crippen LogP contribution is -2.53. The summed E-state index contributed by atoms with van der Waals surface area (Å²) in [5.41, 5.74) is 2.11. The van der Waals surface area contributed by atoms with E-state index in [1.54, 1.807) is 65.0 Å². The normalized spacial score (nSPS) is 22.5. The number of ether oxygens (including phenoxy) is 3. The fourth-order valence-electron chi connectivity index (χ4n) is 8.78. The molecule has 2 aromatic heterocycles. The Kier molecular flexibility index (Phi) is 25.5. The number of benzene rings is 2. The van der Waals surface area contributed by atoms with Crippen LogP contribution >= 0.6 is 46.2 Å². The second-order valence-corrected chi connectivity index (χ2v) is 27.3. The fraction of sp³-hybridized carbons (Fsp3) is 0.453. The van der Waals surface area contributed by atoms with Crippen LogP contribution in [0.15, 0.2) is 107 Å². The highest BCUT2D eigenvalue weighted by Gasteiger charge is 2.43. The molecule has 8 rings (SSSR count). The van der Waals surface area contributed by atoms with E-state index >= 15 is 0 Å². The lowest BCUT2D eigenvalue weighted by Gasteiger charge is -2.27. The number of Topliss-reactive ketones (excluding diaryl/α,β-unsaturated/α-hetero) is 2. The molecule has 89 heavy (non-hydrogen) atoms. The van der Waals surface area contributed by atoms with Crippen molar-refractivity contribution in [2.24, 2.45) is 21.8 Å². The maximum atomic E-state index is 13.3. The SMILES string of the molecule is C=CCC(=O)Cc1ccccc1NC(=O)OC(C)(C)C.C=C[C@@H]1CC(=O)NCc2nc(cs2)C2=N[C@@](C)(CS2)C(=O)N[C@@H](C(C)C)C(=O)O1.Cc1ccccc1CC(=O)C/C=C/[C@@H]1CC(=O)NCc2nc(cs2)C2=N[C@@](C)(CS2)C(=O)N[C@@H](C(C)C)C(=O)O1. The summed E-state index contributed by atoms with van der Waals surface area (Å²) in [7, 11) is 0. The van der Waals surface area contributed by atoms with Gasteiger partial charge in [-0.15, -0.1) is 52.8 Å². The van der Waals surface area contributed by atoms with Gasteiger partial charge >= 0.3 is 18.0 Å². The van der Waals surface area contributed by atoms with E-state index in [-0.39, 0.29) is 85.8 Å². The van der Waals surface area contributed by atoms with Gasteiger partial charge in [0.2, 0.25) is 23.6 Å². The molecule has 6 atom stereocenters. The number of aliphatic imine (C=N–C) groups is 2. The topological polar surface area (TPSA) is 292 Å². The minimum Gasteiger partial charge on any atom is -0.456 e. The molecule has 2 aromatic carbocycles. The van der Waals surface area contributed by atoms with Crippen molar-refractivity contribution in [1.82, 2.24) is 31.2 Å². The Morgan fingerprint density at radius 3 is 1.67 bits per heavy atom. The summed E-state index contributed by atoms with van der Waals surface area (Å²) in [5.74, 6) is -2.12. The number of nitrogens with zero attached hydrogens (tertiary/aromatic N) is 4. The molecule has 6 heterocycles. The molecule has 0 radical (unpaired) electrons. The lowest BCUT2D eigenvalue weighted by molar-refractivity contribution is -0.154. The number of aryl methyl sites for hydroxylation is 1. The molecule has 5 amide bonds. The van der Waals surface area contributed by atoms with Crippen molar-refractivity contribution in [3.63, 3.8) is 0 Å². The van der Waals surface area contributed by atoms with Gasteiger partial charge in [-0.05, 0) is 82.2 Å². The highest BCUT2D eigenvalue weighted by atomic mass is 32.2. The van der Waals surface area contributed by atoms with Gasteiger partial charge in [-0.2, -0.15) is 0 Å². The summed E-state index contributed by atoms with van der Waals surface area (Å²) in [6.45, 7) is 25.8. The van der Waals surface area contributed by atoms with Gasteiger partial charge in [0, 0.05) is 53.6 Å². The van der Waals surface area contributed by atoms with Crippen molar-refractivity contribution >= 4 is 115 Å². The summed E-state index contributed by atoms with van der Waals surface area (Å²) in [6, 6.07) is 13.1. The second kappa shape index (κ2) is 32.2. The summed E-state index contributed by atoms with van der Waals surface area (Å²) >= 11 is 5.70. The predicted molar refractivity (Wildman–Crippen MR) is 349 cm³/mol. The van der Waals surface area contributed by atoms with Crippen LogP contribution in [0.3, 0.4) is 0 Å². The zero-order valence-electron chi connectivity index (χ0n) is 51.9. The van der Waals surface area contributed by atoms with E-state index in [4.69, 9.17) is 14.2 Å². The molecule has 0 unspecified atom stereocenters. The maximum Gasteiger partial charge on any atom is 0.412 e. The van der Waals surface area contributed by atoms with Crippen LogP contribution in [0.2, 0.25) is 0 Å². The Morgan fingerprint density at radius 1 is 0.708 bits per heavy atom. The van der Waals surface area contributed by atoms with Crippen molar-refractivity contribution in [3.05, 3.63) is 135 Å². The molecule has 5 N–H and O–H groups in total. The summed E-state index contributed by atoms with van der Waals surface area (Å²) in [4.78, 5) is 132. The Labute approximate surface area is 536 Å². The molecule has 0 saturated heterocycles. The number of nitrogens with one attached hydrogen (secondary N) is 5. The van der Waals surface area contributed by atoms with Gasteiger partial charge in [0.15, 0.2) is 0 Å². The maximum absolute atomic E-state index is 13.3. The lowest BCUT2D eigenvalue weighted by atomic mass is 10.00. The van der Waals surface area contributed by atoms with Gasteiger partial charge in [-0.1, -0.05) is 95.0 Å². The van der Waals surface area contributed by atoms with E-state index in [9.17, 15) is 43.2 Å². The number of thioether (sulfide) groups is 2. The van der Waals surface area contributed by atoms with Crippen LogP contribution in [-0.4, -0.2) is 126 Å². The van der Waals surface area contributed by atoms with Crippen molar-refractivity contribution in [2.45, 2.75) is 162 Å². The minimum absolute atomic E-state index is 0.00373. The Bertz CT molecular complexity index is 3380. The average molecular weight is 1290 g/mol. The van der Waals surface area contributed by atoms with Gasteiger partial charge < -0.3 is 35.5 Å². The molecular formula is C64H79N9O12S4. The monoisotopic (exact) mass is 1290 g/mol. The first-order valence-corrected chi connectivity index (χ1v) is 32.8. The number of hydrogen-bond acceptors (Lipinski definition) is 20. The molecule has 4 aliphatic rings. The second-order valence-electron chi connectivity index (χ2n) is 23.5. The molecule has 0 fully saturated rings. The first-order valence-electron chi connectivity index (χ1n) is 29.0. The predicted octanol–water partition coefficient (Wildman–Crippen LogP) is 8.91. The molecule has 4 aromatic rings. The zero-order chi connectivity index (χ0) is 65.2. The smallest absolute Gasteiger partial charge is 0.412 e. The largest absolute Gasteiger partial charge is 0.456 e. The quantitative estimate of drug-likeness (QED) is 0.0474. The Morgan fingerprint density at radius 2 is 1.18 bits per heavy atom. The van der Waals surface area contributed by atoms with Crippen LogP contribution in [0.4, 0.5) is 10.5 Å². The van der Waals surface area contributed by atoms with Crippen LogP contribution in [0.25, 0.3) is 0 Å². The average Bonchev–Trinajstić information content (AvgIpc) is 1.74. The number of hydrogen-bond donors (Lipinski definition) is 5. The number of allylic oxidation sites excluding steroid dienone is 2. The third kappa shape index (κ3) is 21.3. The molecule has 0 aliphatic carbocycles. The molecule has 25 heteroatoms. The van der Waals surface area contributed by atoms with Crippen molar-refractivity contribution < 1.29 is 57.4 Å². The van der Waals surface area contributed by atoms with E-state index in [2.05, 4.69) is 59.7 Å². The molecule has 0 saturated carbocycles. The van der Waals surface area contributed by atoms with Gasteiger partial charge in [0.25, 0.3) is 0 Å². The number of para-hydroxylation sites is 1. The molecule has 8 bridgehead atoms. The van der Waals surface area contributed by atoms with Gasteiger partial charge in [0.05, 0.1) is 25.9 Å². The van der Waals surface area contributed by atoms with Crippen LogP contribution in [0.1, 0.15) is 126 Å². The number of ketones is 2. The van der Waals surface area contributed by atoms with E-state index < -0.39 is 59.0 Å². The summed E-state index contributed by atoms with van der Waals surface area (Å²) in [5, 5.41) is 20.4. The van der Waals surface area contributed by atoms with E-state index in [1.165, 1.54) is 52.3 Å². The number of esters is 2. The first-order chi connectivity index (χ1) is 42.1. The van der Waals surface area contributed by atoms with Crippen molar-refractivity contribution in [3.8, 4) is 0 Å². The van der Waals surface area contributed by atoms with Gasteiger partial charge in [0.1, 0.15) is 84.0 Å². The zero-order valence-corrected chi connectivity index (χ0v) is 55.1. The highest BCUT2D eigenvalue weighted by molar-refractivity contribution is 8.15. The highest BCUT2D eigenvalue weighted by Crippen LogP contribution is 2.34. The number of rotatable bonds is 13. The third-order valence-corrected chi connectivity index (χ3v) is 18.1. The number of carbonyl (C=O) groups excluding carboxylic acids is 9. The van der Waals surface area contributed by atoms with Gasteiger partial charge in [-0.25, -0.2) is 24.4 Å². The number of anilines is 1. The van der Waals surface area contributed by atoms with Gasteiger partial charge in [-0.3, -0.25) is 44.1 Å². The number of amides is 5. The molecule has 476 valence electrons. The summed E-state index contributed by atoms with van der Waals surface area (Å²) in [6.07, 6.45) is 4.78. The molecular weight excluding hydrogens is 1220 g/mol. The standard InChI is InChI=1S/C29H34N4O5S2.C19H24N4O4S2.C16H21NO3/c1-17(2)25-27(36)38-21(11-7-10-20(34)12-19-9-6-5-8-18(19)3)13-23(35)30-14-24-31-22(15-39-24)26-33-29(4,16-40-26)28(37)32-25;1-5-11-6-13(24)20-7-14-21-12(8-28-14)16-23-19(4,9-29-16)18(26)22-15(10(2)3)17(25)27-11;1-5-8-13(18)11-12-9-6-7-10-14(12)17-15(19)20-16(2,3)4/h5-9,11,15,17,21,25H,10,12-14,16H2,1-4H3,(H,30,35)(H,32,37);5,8,10-11,15H,1,6-7,9H2,2-4H3,(H,20,24)(H,22,26);5-7,9-10H,1,8,11H2,2-4H3,(H,17,19)/b11-7+;;/t21-,25+,29+;11-,15+,19+;/m11./s1. The first kappa shape index (κ1) is 70.5. The fourth-order valence-corrected chi connectivity index (χ4v) is 12.6. The molecule has 4 aliphatic heterocycles. The van der Waals surface area contributed by atoms with E-state index in [1.807, 2.05) is 81.8 Å². The van der Waals surface area contributed by atoms with Crippen LogP contribution in [0, 0.1) is 18.8 Å². The number of thiazole rings is 2. The number of aromatic nitrogens is 2. The number of fused-ring (bicyclic) bond motifs is 8. The third-order valence-electron chi connectivity index (χ3n) is 13.8. The van der Waals surface area contributed by atoms with Crippen LogP contribution in [-0.2, 0) is 78.5 Å². The Hall–Kier alpha value is -7.61. The molecule has 0 spiro atoms. The van der Waals surface area contributed by atoms with Crippen LogP contribution in [0.5, 0.6) is 0 Å². The summed E-state index contributed by atoms with van der Waals surface area (Å²) < 4.78 is 16.4. The van der Waals surface area contributed by atoms with Crippen molar-refractivity contribution in [2.75, 3.05) is 16.8 Å². The number of cyclic esters (lactones) is 2. The minimum atomic E-state index is -1.06. The number of carbonyl (C=O) groups is 9.